The first-order chi connectivity index (χ1) is 13.8. The molecule has 3 rings (SSSR count). The van der Waals surface area contributed by atoms with Crippen molar-refractivity contribution in [3.8, 4) is 0 Å². The minimum atomic E-state index is -4.09. The van der Waals surface area contributed by atoms with Crippen LogP contribution in [0.5, 0.6) is 0 Å². The lowest BCUT2D eigenvalue weighted by atomic mass is 10.2. The first-order valence-electron chi connectivity index (χ1n) is 8.52. The van der Waals surface area contributed by atoms with Crippen LogP contribution in [0.3, 0.4) is 0 Å². The number of halogens is 2. The van der Waals surface area contributed by atoms with Crippen LogP contribution in [0.15, 0.2) is 76.4 Å². The molecule has 1 aromatic heterocycles. The van der Waals surface area contributed by atoms with Gasteiger partial charge >= 0.3 is 0 Å². The number of aryl methyl sites for hydroxylation is 1. The van der Waals surface area contributed by atoms with Gasteiger partial charge in [-0.25, -0.2) is 12.8 Å². The van der Waals surface area contributed by atoms with Crippen molar-refractivity contribution in [3.05, 3.63) is 82.8 Å². The van der Waals surface area contributed by atoms with Gasteiger partial charge in [0.1, 0.15) is 17.3 Å². The molecule has 0 saturated heterocycles. The van der Waals surface area contributed by atoms with Crippen molar-refractivity contribution in [1.29, 1.82) is 0 Å². The summed E-state index contributed by atoms with van der Waals surface area (Å²) in [5.41, 5.74) is 1.62. The fourth-order valence-corrected chi connectivity index (χ4v) is 4.23. The van der Waals surface area contributed by atoms with Gasteiger partial charge < -0.3 is 5.32 Å². The zero-order valence-electron chi connectivity index (χ0n) is 15.3. The molecule has 1 heterocycles. The summed E-state index contributed by atoms with van der Waals surface area (Å²) in [4.78, 5) is 16.4. The zero-order chi connectivity index (χ0) is 21.0. The minimum Gasteiger partial charge on any atom is -0.325 e. The van der Waals surface area contributed by atoms with Crippen molar-refractivity contribution >= 4 is 43.2 Å². The van der Waals surface area contributed by atoms with Crippen LogP contribution in [0.4, 0.5) is 15.8 Å². The smallest absolute Gasteiger partial charge is 0.266 e. The average molecular weight is 478 g/mol. The van der Waals surface area contributed by atoms with E-state index in [1.165, 1.54) is 36.7 Å². The van der Waals surface area contributed by atoms with E-state index in [-0.39, 0.29) is 10.6 Å². The molecule has 0 aliphatic heterocycles. The summed E-state index contributed by atoms with van der Waals surface area (Å²) in [6.07, 6.45) is 2.64. The second kappa shape index (κ2) is 8.71. The van der Waals surface area contributed by atoms with Crippen molar-refractivity contribution in [2.75, 3.05) is 16.2 Å². The number of nitrogens with one attached hydrogen (secondary N) is 1. The van der Waals surface area contributed by atoms with Crippen molar-refractivity contribution in [1.82, 2.24) is 4.98 Å². The molecular weight excluding hydrogens is 461 g/mol. The molecule has 6 nitrogen and oxygen atoms in total. The van der Waals surface area contributed by atoms with E-state index in [4.69, 9.17) is 0 Å². The van der Waals surface area contributed by atoms with Crippen LogP contribution in [0.25, 0.3) is 0 Å². The summed E-state index contributed by atoms with van der Waals surface area (Å²) < 4.78 is 41.4. The number of hydrogen-bond acceptors (Lipinski definition) is 4. The van der Waals surface area contributed by atoms with Crippen LogP contribution < -0.4 is 9.62 Å². The molecule has 0 spiro atoms. The Kier molecular flexibility index (Phi) is 6.29. The summed E-state index contributed by atoms with van der Waals surface area (Å²) in [6.45, 7) is 1.38. The molecule has 150 valence electrons. The maximum absolute atomic E-state index is 13.3. The van der Waals surface area contributed by atoms with Crippen LogP contribution >= 0.6 is 15.9 Å². The number of nitrogens with zero attached hydrogens (tertiary/aromatic N) is 2. The Labute approximate surface area is 176 Å². The quantitative estimate of drug-likeness (QED) is 0.578. The molecule has 0 atom stereocenters. The number of carbonyl (C=O) groups is 1. The van der Waals surface area contributed by atoms with Gasteiger partial charge in [0.2, 0.25) is 5.91 Å². The van der Waals surface area contributed by atoms with E-state index < -0.39 is 28.3 Å². The summed E-state index contributed by atoms with van der Waals surface area (Å²) >= 11 is 3.39. The number of hydrogen-bond donors (Lipinski definition) is 1. The molecule has 0 radical (unpaired) electrons. The van der Waals surface area contributed by atoms with Crippen molar-refractivity contribution in [2.24, 2.45) is 0 Å². The zero-order valence-corrected chi connectivity index (χ0v) is 17.7. The van der Waals surface area contributed by atoms with Crippen molar-refractivity contribution < 1.29 is 17.6 Å². The molecule has 9 heteroatoms. The van der Waals surface area contributed by atoms with Crippen LogP contribution in [-0.4, -0.2) is 25.9 Å². The lowest BCUT2D eigenvalue weighted by molar-refractivity contribution is -0.114. The SMILES string of the molecule is Cc1cc(NC(=O)CN(c2ccc(F)cc2)S(=O)(=O)c2cccnc2)ccc1Br. The third-order valence-corrected chi connectivity index (χ3v) is 6.71. The molecule has 0 aliphatic carbocycles. The topological polar surface area (TPSA) is 79.4 Å². The van der Waals surface area contributed by atoms with E-state index in [2.05, 4.69) is 26.2 Å². The highest BCUT2D eigenvalue weighted by Crippen LogP contribution is 2.24. The van der Waals surface area contributed by atoms with Gasteiger partial charge in [-0.3, -0.25) is 14.1 Å². The molecule has 0 saturated carbocycles. The minimum absolute atomic E-state index is 0.0726. The van der Waals surface area contributed by atoms with Crippen molar-refractivity contribution in [3.63, 3.8) is 0 Å². The largest absolute Gasteiger partial charge is 0.325 e. The second-order valence-electron chi connectivity index (χ2n) is 6.19. The van der Waals surface area contributed by atoms with Gasteiger partial charge in [0.25, 0.3) is 10.0 Å². The molecule has 0 fully saturated rings. The Bertz CT molecular complexity index is 1120. The Balaban J connectivity index is 1.92. The highest BCUT2D eigenvalue weighted by atomic mass is 79.9. The Morgan fingerprint density at radius 2 is 1.90 bits per heavy atom. The molecule has 2 aromatic carbocycles. The van der Waals surface area contributed by atoms with Crippen molar-refractivity contribution in [2.45, 2.75) is 11.8 Å². The molecule has 1 amide bonds. The summed E-state index contributed by atoms with van der Waals surface area (Å²) in [7, 11) is -4.09. The number of aromatic nitrogens is 1. The van der Waals surface area contributed by atoms with E-state index in [1.54, 1.807) is 18.2 Å². The summed E-state index contributed by atoms with van der Waals surface area (Å²) in [5, 5.41) is 2.69. The fourth-order valence-electron chi connectivity index (χ4n) is 2.60. The maximum Gasteiger partial charge on any atom is 0.266 e. The summed E-state index contributed by atoms with van der Waals surface area (Å²) in [5.74, 6) is -1.05. The number of benzene rings is 2. The normalized spacial score (nSPS) is 11.1. The average Bonchev–Trinajstić information content (AvgIpc) is 2.70. The van der Waals surface area contributed by atoms with Gasteiger partial charge in [-0.15, -0.1) is 0 Å². The van der Waals surface area contributed by atoms with Crippen LogP contribution in [0, 0.1) is 12.7 Å². The second-order valence-corrected chi connectivity index (χ2v) is 8.91. The molecule has 1 N–H and O–H groups in total. The Hall–Kier alpha value is -2.78. The van der Waals surface area contributed by atoms with Gasteiger partial charge in [-0.2, -0.15) is 0 Å². The van der Waals surface area contributed by atoms with E-state index in [1.807, 2.05) is 6.92 Å². The van der Waals surface area contributed by atoms with Crippen LogP contribution in [0.2, 0.25) is 0 Å². The van der Waals surface area contributed by atoms with Gasteiger partial charge in [-0.05, 0) is 67.1 Å². The van der Waals surface area contributed by atoms with Crippen LogP contribution in [-0.2, 0) is 14.8 Å². The number of pyridine rings is 1. The number of amides is 1. The molecule has 3 aromatic rings. The standard InChI is InChI=1S/C20H17BrFN3O3S/c1-14-11-16(6-9-19(14)21)24-20(26)13-25(17-7-4-15(22)5-8-17)29(27,28)18-3-2-10-23-12-18/h2-12H,13H2,1H3,(H,24,26). The first kappa shape index (κ1) is 20.9. The summed E-state index contributed by atoms with van der Waals surface area (Å²) in [6, 6.07) is 13.0. The van der Waals surface area contributed by atoms with Gasteiger partial charge in [0, 0.05) is 22.6 Å². The lowest BCUT2D eigenvalue weighted by Gasteiger charge is -2.24. The predicted octanol–water partition coefficient (Wildman–Crippen LogP) is 4.13. The van der Waals surface area contributed by atoms with Gasteiger partial charge in [0.05, 0.1) is 5.69 Å². The fraction of sp³-hybridized carbons (Fsp3) is 0.100. The first-order valence-corrected chi connectivity index (χ1v) is 10.7. The van der Waals surface area contributed by atoms with E-state index in [9.17, 15) is 17.6 Å². The molecular formula is C20H17BrFN3O3S. The number of anilines is 2. The maximum atomic E-state index is 13.3. The van der Waals surface area contributed by atoms with E-state index >= 15 is 0 Å². The molecule has 0 aliphatic rings. The van der Waals surface area contributed by atoms with Gasteiger partial charge in [-0.1, -0.05) is 15.9 Å². The lowest BCUT2D eigenvalue weighted by Crippen LogP contribution is -2.38. The molecule has 0 unspecified atom stereocenters. The van der Waals surface area contributed by atoms with Gasteiger partial charge in [0.15, 0.2) is 0 Å². The third kappa shape index (κ3) is 4.99. The van der Waals surface area contributed by atoms with E-state index in [0.717, 1.165) is 26.5 Å². The third-order valence-electron chi connectivity index (χ3n) is 4.07. The monoisotopic (exact) mass is 477 g/mol. The van der Waals surface area contributed by atoms with E-state index in [0.29, 0.717) is 5.69 Å². The predicted molar refractivity (Wildman–Crippen MR) is 113 cm³/mol. The number of rotatable bonds is 6. The number of sulfonamides is 1. The highest BCUT2D eigenvalue weighted by Gasteiger charge is 2.27. The molecule has 0 bridgehead atoms. The van der Waals surface area contributed by atoms with Crippen LogP contribution in [0.1, 0.15) is 5.56 Å². The highest BCUT2D eigenvalue weighted by molar-refractivity contribution is 9.10. The Morgan fingerprint density at radius 3 is 2.52 bits per heavy atom. The molecule has 29 heavy (non-hydrogen) atoms. The number of carbonyl (C=O) groups excluding carboxylic acids is 1. The Morgan fingerprint density at radius 1 is 1.17 bits per heavy atom.